The van der Waals surface area contributed by atoms with Crippen LogP contribution in [-0.4, -0.2) is 47.4 Å². The number of thioether (sulfide) groups is 1. The molecule has 114 valence electrons. The first-order chi connectivity index (χ1) is 9.69. The van der Waals surface area contributed by atoms with Crippen molar-refractivity contribution in [3.05, 3.63) is 0 Å². The molecule has 0 aromatic carbocycles. The van der Waals surface area contributed by atoms with Gasteiger partial charge in [-0.2, -0.15) is 11.8 Å². The molecule has 1 heterocycles. The van der Waals surface area contributed by atoms with Gasteiger partial charge in [-0.05, 0) is 31.4 Å². The first-order valence-corrected chi connectivity index (χ1v) is 9.18. The van der Waals surface area contributed by atoms with Crippen molar-refractivity contribution in [2.75, 3.05) is 18.6 Å². The Morgan fingerprint density at radius 1 is 1.25 bits per heavy atom. The minimum atomic E-state index is -0.316. The first kappa shape index (κ1) is 15.7. The number of amides is 2. The lowest BCUT2D eigenvalue weighted by Gasteiger charge is -2.43. The van der Waals surface area contributed by atoms with E-state index in [0.717, 1.165) is 18.6 Å². The van der Waals surface area contributed by atoms with E-state index in [2.05, 4.69) is 5.32 Å². The smallest absolute Gasteiger partial charge is 0.245 e. The topological polar surface area (TPSA) is 49.4 Å². The highest BCUT2D eigenvalue weighted by atomic mass is 32.2. The number of hydrogen-bond acceptors (Lipinski definition) is 3. The summed E-state index contributed by atoms with van der Waals surface area (Å²) < 4.78 is 0. The molecule has 2 unspecified atom stereocenters. The van der Waals surface area contributed by atoms with Gasteiger partial charge in [-0.25, -0.2) is 0 Å². The van der Waals surface area contributed by atoms with Gasteiger partial charge in [0.2, 0.25) is 11.8 Å². The molecule has 0 aromatic rings. The van der Waals surface area contributed by atoms with Gasteiger partial charge in [-0.3, -0.25) is 9.59 Å². The van der Waals surface area contributed by atoms with E-state index in [0.29, 0.717) is 18.9 Å². The average molecular weight is 298 g/mol. The van der Waals surface area contributed by atoms with Crippen LogP contribution in [0.3, 0.4) is 0 Å². The molecule has 2 atom stereocenters. The van der Waals surface area contributed by atoms with Crippen molar-refractivity contribution in [2.45, 2.75) is 57.5 Å². The zero-order chi connectivity index (χ0) is 14.5. The molecule has 1 saturated carbocycles. The fraction of sp³-hybridized carbons (Fsp3) is 0.867. The average Bonchev–Trinajstić information content (AvgIpc) is 2.48. The van der Waals surface area contributed by atoms with Crippen molar-refractivity contribution >= 4 is 23.6 Å². The van der Waals surface area contributed by atoms with E-state index in [9.17, 15) is 9.59 Å². The quantitative estimate of drug-likeness (QED) is 0.845. The molecular weight excluding hydrogens is 272 g/mol. The van der Waals surface area contributed by atoms with Crippen molar-refractivity contribution in [1.82, 2.24) is 10.2 Å². The monoisotopic (exact) mass is 298 g/mol. The number of nitrogens with one attached hydrogen (secondary N) is 1. The van der Waals surface area contributed by atoms with E-state index in [1.165, 1.54) is 19.3 Å². The van der Waals surface area contributed by atoms with E-state index in [4.69, 9.17) is 0 Å². The highest BCUT2D eigenvalue weighted by molar-refractivity contribution is 7.98. The van der Waals surface area contributed by atoms with Crippen LogP contribution in [0.2, 0.25) is 0 Å². The number of carbonyl (C=O) groups excluding carboxylic acids is 2. The summed E-state index contributed by atoms with van der Waals surface area (Å²) in [6.45, 7) is 2.65. The summed E-state index contributed by atoms with van der Waals surface area (Å²) >= 11 is 1.73. The Kier molecular flexibility index (Phi) is 5.75. The van der Waals surface area contributed by atoms with Crippen molar-refractivity contribution in [3.63, 3.8) is 0 Å². The van der Waals surface area contributed by atoms with Crippen molar-refractivity contribution in [1.29, 1.82) is 0 Å². The summed E-state index contributed by atoms with van der Waals surface area (Å²) in [5.41, 5.74) is 0. The fourth-order valence-electron chi connectivity index (χ4n) is 3.43. The molecule has 0 radical (unpaired) electrons. The van der Waals surface area contributed by atoms with Gasteiger partial charge in [0.05, 0.1) is 0 Å². The Labute approximate surface area is 126 Å². The van der Waals surface area contributed by atoms with Gasteiger partial charge in [0.25, 0.3) is 0 Å². The van der Waals surface area contributed by atoms with Gasteiger partial charge >= 0.3 is 0 Å². The third kappa shape index (κ3) is 3.30. The Morgan fingerprint density at radius 3 is 2.55 bits per heavy atom. The maximum Gasteiger partial charge on any atom is 0.245 e. The molecule has 0 bridgehead atoms. The molecule has 0 aromatic heterocycles. The first-order valence-electron chi connectivity index (χ1n) is 7.78. The Morgan fingerprint density at radius 2 is 1.95 bits per heavy atom. The molecule has 1 saturated heterocycles. The molecule has 2 aliphatic rings. The van der Waals surface area contributed by atoms with Crippen LogP contribution in [0.5, 0.6) is 0 Å². The second-order valence-corrected chi connectivity index (χ2v) is 6.82. The standard InChI is InChI=1S/C15H26N2O2S/c1-3-12-15(19)17(9-10-20-2)13(14(18)16-12)11-7-5-4-6-8-11/h11-13H,3-10H2,1-2H3,(H,16,18). The summed E-state index contributed by atoms with van der Waals surface area (Å²) in [5, 5.41) is 2.93. The summed E-state index contributed by atoms with van der Waals surface area (Å²) in [4.78, 5) is 26.9. The molecule has 1 aliphatic carbocycles. The largest absolute Gasteiger partial charge is 0.343 e. The highest BCUT2D eigenvalue weighted by Gasteiger charge is 2.43. The normalized spacial score (nSPS) is 28.6. The molecule has 2 rings (SSSR count). The third-order valence-corrected chi connectivity index (χ3v) is 5.13. The molecule has 5 heteroatoms. The van der Waals surface area contributed by atoms with Crippen LogP contribution in [0.4, 0.5) is 0 Å². The second-order valence-electron chi connectivity index (χ2n) is 5.84. The van der Waals surface area contributed by atoms with Gasteiger partial charge in [0, 0.05) is 12.3 Å². The van der Waals surface area contributed by atoms with E-state index < -0.39 is 0 Å². The SMILES string of the molecule is CCC1NC(=O)C(C2CCCCC2)N(CCSC)C1=O. The summed E-state index contributed by atoms with van der Waals surface area (Å²) in [6.07, 6.45) is 8.53. The molecular formula is C15H26N2O2S. The highest BCUT2D eigenvalue weighted by Crippen LogP contribution is 2.31. The molecule has 20 heavy (non-hydrogen) atoms. The fourth-order valence-corrected chi connectivity index (χ4v) is 3.81. The summed E-state index contributed by atoms with van der Waals surface area (Å²) in [7, 11) is 0. The Balaban J connectivity index is 2.15. The number of hydrogen-bond donors (Lipinski definition) is 1. The molecule has 4 nitrogen and oxygen atoms in total. The van der Waals surface area contributed by atoms with E-state index in [1.807, 2.05) is 18.1 Å². The molecule has 0 spiro atoms. The van der Waals surface area contributed by atoms with Crippen molar-refractivity contribution < 1.29 is 9.59 Å². The summed E-state index contributed by atoms with van der Waals surface area (Å²) in [6, 6.07) is -0.540. The maximum absolute atomic E-state index is 12.6. The Hall–Kier alpha value is -0.710. The van der Waals surface area contributed by atoms with E-state index in [1.54, 1.807) is 11.8 Å². The van der Waals surface area contributed by atoms with Crippen molar-refractivity contribution in [3.8, 4) is 0 Å². The van der Waals surface area contributed by atoms with E-state index in [-0.39, 0.29) is 23.9 Å². The molecule has 2 fully saturated rings. The van der Waals surface area contributed by atoms with Gasteiger partial charge in [0.15, 0.2) is 0 Å². The summed E-state index contributed by atoms with van der Waals surface area (Å²) in [5.74, 6) is 1.45. The predicted molar refractivity (Wildman–Crippen MR) is 82.7 cm³/mol. The predicted octanol–water partition coefficient (Wildman–Crippen LogP) is 2.04. The van der Waals surface area contributed by atoms with Gasteiger partial charge < -0.3 is 10.2 Å². The number of nitrogens with zero attached hydrogens (tertiary/aromatic N) is 1. The lowest BCUT2D eigenvalue weighted by Crippen LogP contribution is -2.65. The molecule has 1 aliphatic heterocycles. The van der Waals surface area contributed by atoms with Gasteiger partial charge in [0.1, 0.15) is 12.1 Å². The van der Waals surface area contributed by atoms with Crippen LogP contribution in [0.1, 0.15) is 45.4 Å². The van der Waals surface area contributed by atoms with Crippen LogP contribution in [0.15, 0.2) is 0 Å². The number of rotatable bonds is 5. The van der Waals surface area contributed by atoms with Crippen LogP contribution in [0.25, 0.3) is 0 Å². The maximum atomic E-state index is 12.6. The minimum absolute atomic E-state index is 0.0736. The number of piperazine rings is 1. The van der Waals surface area contributed by atoms with Crippen LogP contribution in [-0.2, 0) is 9.59 Å². The zero-order valence-electron chi connectivity index (χ0n) is 12.6. The Bertz CT molecular complexity index is 356. The van der Waals surface area contributed by atoms with Crippen molar-refractivity contribution in [2.24, 2.45) is 5.92 Å². The van der Waals surface area contributed by atoms with Gasteiger partial charge in [-0.1, -0.05) is 26.2 Å². The lowest BCUT2D eigenvalue weighted by molar-refractivity contribution is -0.151. The minimum Gasteiger partial charge on any atom is -0.343 e. The van der Waals surface area contributed by atoms with Crippen LogP contribution >= 0.6 is 11.8 Å². The molecule has 1 N–H and O–H groups in total. The zero-order valence-corrected chi connectivity index (χ0v) is 13.4. The second kappa shape index (κ2) is 7.34. The number of carbonyl (C=O) groups is 2. The van der Waals surface area contributed by atoms with Crippen LogP contribution in [0, 0.1) is 5.92 Å². The van der Waals surface area contributed by atoms with E-state index >= 15 is 0 Å². The van der Waals surface area contributed by atoms with Crippen LogP contribution < -0.4 is 5.32 Å². The molecule has 2 amide bonds. The van der Waals surface area contributed by atoms with Gasteiger partial charge in [-0.15, -0.1) is 0 Å². The third-order valence-electron chi connectivity index (χ3n) is 4.54. The lowest BCUT2D eigenvalue weighted by atomic mass is 9.81.